The zero-order valence-corrected chi connectivity index (χ0v) is 10.8. The molecule has 1 heterocycles. The van der Waals surface area contributed by atoms with E-state index in [9.17, 15) is 4.39 Å². The van der Waals surface area contributed by atoms with Crippen molar-refractivity contribution in [2.75, 3.05) is 5.32 Å². The van der Waals surface area contributed by atoms with E-state index in [0.717, 1.165) is 12.8 Å². The van der Waals surface area contributed by atoms with Gasteiger partial charge in [0.05, 0.1) is 5.02 Å². The number of rotatable bonds is 3. The SMILES string of the molecule is CCC1CCCCC1Nc1ncc(Cl)cc1F. The van der Waals surface area contributed by atoms with E-state index in [-0.39, 0.29) is 5.82 Å². The first-order chi connectivity index (χ1) is 8.20. The molecule has 0 saturated heterocycles. The van der Waals surface area contributed by atoms with Crippen LogP contribution in [0.1, 0.15) is 39.0 Å². The Balaban J connectivity index is 2.08. The van der Waals surface area contributed by atoms with E-state index in [1.54, 1.807) is 0 Å². The molecule has 94 valence electrons. The molecule has 2 rings (SSSR count). The molecule has 1 aliphatic rings. The third kappa shape index (κ3) is 3.09. The van der Waals surface area contributed by atoms with Gasteiger partial charge in [-0.25, -0.2) is 9.37 Å². The molecule has 0 aliphatic heterocycles. The lowest BCUT2D eigenvalue weighted by Crippen LogP contribution is -2.32. The van der Waals surface area contributed by atoms with Crippen molar-refractivity contribution in [1.29, 1.82) is 0 Å². The summed E-state index contributed by atoms with van der Waals surface area (Å²) in [6.07, 6.45) is 7.44. The van der Waals surface area contributed by atoms with Crippen molar-refractivity contribution < 1.29 is 4.39 Å². The minimum atomic E-state index is -0.363. The molecule has 2 unspecified atom stereocenters. The van der Waals surface area contributed by atoms with Gasteiger partial charge in [-0.2, -0.15) is 0 Å². The van der Waals surface area contributed by atoms with Crippen molar-refractivity contribution in [3.05, 3.63) is 23.1 Å². The Kier molecular flexibility index (Phi) is 4.21. The summed E-state index contributed by atoms with van der Waals surface area (Å²) in [5, 5.41) is 3.57. The summed E-state index contributed by atoms with van der Waals surface area (Å²) in [7, 11) is 0. The number of pyridine rings is 1. The highest BCUT2D eigenvalue weighted by atomic mass is 35.5. The molecule has 4 heteroatoms. The third-order valence-electron chi connectivity index (χ3n) is 3.56. The highest BCUT2D eigenvalue weighted by molar-refractivity contribution is 6.30. The number of anilines is 1. The van der Waals surface area contributed by atoms with Crippen LogP contribution in [0.2, 0.25) is 5.02 Å². The molecule has 0 aromatic carbocycles. The van der Waals surface area contributed by atoms with Crippen molar-refractivity contribution in [1.82, 2.24) is 4.98 Å². The minimum absolute atomic E-state index is 0.333. The molecule has 2 atom stereocenters. The first kappa shape index (κ1) is 12.6. The Labute approximate surface area is 107 Å². The normalized spacial score (nSPS) is 24.6. The third-order valence-corrected chi connectivity index (χ3v) is 3.77. The van der Waals surface area contributed by atoms with Gasteiger partial charge >= 0.3 is 0 Å². The van der Waals surface area contributed by atoms with Gasteiger partial charge in [-0.05, 0) is 24.8 Å². The first-order valence-electron chi connectivity index (χ1n) is 6.28. The molecule has 0 spiro atoms. The second-order valence-electron chi connectivity index (χ2n) is 4.69. The molecule has 1 fully saturated rings. The number of nitrogens with one attached hydrogen (secondary N) is 1. The predicted octanol–water partition coefficient (Wildman–Crippen LogP) is 4.25. The second-order valence-corrected chi connectivity index (χ2v) is 5.12. The molecule has 0 amide bonds. The van der Waals surface area contributed by atoms with E-state index >= 15 is 0 Å². The zero-order valence-electron chi connectivity index (χ0n) is 10.0. The van der Waals surface area contributed by atoms with E-state index in [2.05, 4.69) is 17.2 Å². The Hall–Kier alpha value is -0.830. The van der Waals surface area contributed by atoms with Gasteiger partial charge in [-0.15, -0.1) is 0 Å². The number of hydrogen-bond donors (Lipinski definition) is 1. The molecule has 1 aliphatic carbocycles. The molecule has 1 N–H and O–H groups in total. The fourth-order valence-corrected chi connectivity index (χ4v) is 2.73. The van der Waals surface area contributed by atoms with Crippen LogP contribution >= 0.6 is 11.6 Å². The topological polar surface area (TPSA) is 24.9 Å². The molecule has 2 nitrogen and oxygen atoms in total. The van der Waals surface area contributed by atoms with Crippen molar-refractivity contribution in [2.45, 2.75) is 45.1 Å². The maximum absolute atomic E-state index is 13.6. The van der Waals surface area contributed by atoms with Crippen LogP contribution in [0.25, 0.3) is 0 Å². The molecule has 1 aromatic rings. The van der Waals surface area contributed by atoms with Gasteiger partial charge < -0.3 is 5.32 Å². The summed E-state index contributed by atoms with van der Waals surface area (Å²) >= 11 is 5.69. The van der Waals surface area contributed by atoms with Crippen molar-refractivity contribution in [2.24, 2.45) is 5.92 Å². The smallest absolute Gasteiger partial charge is 0.166 e. The summed E-state index contributed by atoms with van der Waals surface area (Å²) in [5.74, 6) is 0.596. The quantitative estimate of drug-likeness (QED) is 0.874. The Bertz CT molecular complexity index is 384. The van der Waals surface area contributed by atoms with Gasteiger partial charge in [-0.3, -0.25) is 0 Å². The molecule has 17 heavy (non-hydrogen) atoms. The molecular weight excluding hydrogens is 239 g/mol. The number of halogens is 2. The van der Waals surface area contributed by atoms with Gasteiger partial charge in [0, 0.05) is 12.2 Å². The van der Waals surface area contributed by atoms with E-state index in [1.165, 1.54) is 31.5 Å². The van der Waals surface area contributed by atoms with E-state index in [4.69, 9.17) is 11.6 Å². The molecule has 1 saturated carbocycles. The molecule has 0 bridgehead atoms. The maximum atomic E-state index is 13.6. The largest absolute Gasteiger partial charge is 0.365 e. The van der Waals surface area contributed by atoms with E-state index in [1.807, 2.05) is 0 Å². The highest BCUT2D eigenvalue weighted by Crippen LogP contribution is 2.29. The van der Waals surface area contributed by atoms with Gasteiger partial charge in [0.1, 0.15) is 0 Å². The van der Waals surface area contributed by atoms with Crippen LogP contribution < -0.4 is 5.32 Å². The van der Waals surface area contributed by atoms with Gasteiger partial charge in [-0.1, -0.05) is 37.8 Å². The van der Waals surface area contributed by atoms with Crippen LogP contribution in [0.15, 0.2) is 12.3 Å². The predicted molar refractivity (Wildman–Crippen MR) is 68.9 cm³/mol. The lowest BCUT2D eigenvalue weighted by molar-refractivity contribution is 0.316. The van der Waals surface area contributed by atoms with Crippen LogP contribution in [0.3, 0.4) is 0 Å². The van der Waals surface area contributed by atoms with Gasteiger partial charge in [0.2, 0.25) is 0 Å². The van der Waals surface area contributed by atoms with Crippen molar-refractivity contribution in [3.8, 4) is 0 Å². The van der Waals surface area contributed by atoms with Crippen LogP contribution in [0, 0.1) is 11.7 Å². The average Bonchev–Trinajstić information content (AvgIpc) is 2.33. The molecule has 0 radical (unpaired) electrons. The van der Waals surface area contributed by atoms with Crippen LogP contribution in [-0.4, -0.2) is 11.0 Å². The monoisotopic (exact) mass is 256 g/mol. The summed E-state index contributed by atoms with van der Waals surface area (Å²) in [4.78, 5) is 4.02. The first-order valence-corrected chi connectivity index (χ1v) is 6.66. The summed E-state index contributed by atoms with van der Waals surface area (Å²) in [6.45, 7) is 2.19. The zero-order chi connectivity index (χ0) is 12.3. The van der Waals surface area contributed by atoms with Crippen LogP contribution in [0.5, 0.6) is 0 Å². The Morgan fingerprint density at radius 2 is 2.24 bits per heavy atom. The summed E-state index contributed by atoms with van der Waals surface area (Å²) < 4.78 is 13.6. The van der Waals surface area contributed by atoms with Crippen molar-refractivity contribution in [3.63, 3.8) is 0 Å². The fourth-order valence-electron chi connectivity index (χ4n) is 2.58. The average molecular weight is 257 g/mol. The number of aromatic nitrogens is 1. The number of nitrogens with zero attached hydrogens (tertiary/aromatic N) is 1. The molecular formula is C13H18ClFN2. The van der Waals surface area contributed by atoms with Gasteiger partial charge in [0.25, 0.3) is 0 Å². The lowest BCUT2D eigenvalue weighted by atomic mass is 9.83. The Morgan fingerprint density at radius 3 is 2.94 bits per heavy atom. The van der Waals surface area contributed by atoms with E-state index < -0.39 is 0 Å². The van der Waals surface area contributed by atoms with Crippen LogP contribution in [-0.2, 0) is 0 Å². The van der Waals surface area contributed by atoms with Crippen molar-refractivity contribution >= 4 is 17.4 Å². The lowest BCUT2D eigenvalue weighted by Gasteiger charge is -2.31. The van der Waals surface area contributed by atoms with E-state index in [0.29, 0.717) is 22.8 Å². The standard InChI is InChI=1S/C13H18ClFN2/c1-2-9-5-3-4-6-12(9)17-13-11(15)7-10(14)8-16-13/h7-9,12H,2-6H2,1H3,(H,16,17). The summed E-state index contributed by atoms with van der Waals surface area (Å²) in [6, 6.07) is 1.65. The Morgan fingerprint density at radius 1 is 1.47 bits per heavy atom. The number of hydrogen-bond acceptors (Lipinski definition) is 2. The fraction of sp³-hybridized carbons (Fsp3) is 0.615. The highest BCUT2D eigenvalue weighted by Gasteiger charge is 2.24. The molecule has 1 aromatic heterocycles. The van der Waals surface area contributed by atoms with Gasteiger partial charge in [0.15, 0.2) is 11.6 Å². The minimum Gasteiger partial charge on any atom is -0.365 e. The van der Waals surface area contributed by atoms with Crippen LogP contribution in [0.4, 0.5) is 10.2 Å². The summed E-state index contributed by atoms with van der Waals surface area (Å²) in [5.41, 5.74) is 0. The maximum Gasteiger partial charge on any atom is 0.166 e. The second kappa shape index (κ2) is 5.67.